The number of para-hydroxylation sites is 1. The van der Waals surface area contributed by atoms with Crippen molar-refractivity contribution in [2.45, 2.75) is 6.42 Å². The second kappa shape index (κ2) is 7.34. The molecule has 1 N–H and O–H groups in total. The number of hydrogen-bond donors (Lipinski definition) is 1. The quantitative estimate of drug-likeness (QED) is 0.696. The van der Waals surface area contributed by atoms with E-state index in [1.807, 2.05) is 48.0 Å². The van der Waals surface area contributed by atoms with Crippen LogP contribution in [0.1, 0.15) is 5.69 Å². The van der Waals surface area contributed by atoms with Crippen LogP contribution >= 0.6 is 34.3 Å². The molecule has 1 amide bonds. The molecule has 4 nitrogen and oxygen atoms in total. The van der Waals surface area contributed by atoms with Gasteiger partial charge in [0.25, 0.3) is 0 Å². The molecule has 0 saturated carbocycles. The number of halogens is 1. The summed E-state index contributed by atoms with van der Waals surface area (Å²) < 4.78 is 0. The van der Waals surface area contributed by atoms with Crippen LogP contribution in [-0.2, 0) is 11.2 Å². The highest BCUT2D eigenvalue weighted by atomic mass is 35.5. The smallest absolute Gasteiger partial charge is 0.230 e. The Balaban J connectivity index is 1.72. The molecule has 7 heteroatoms. The minimum Gasteiger partial charge on any atom is -0.375 e. The van der Waals surface area contributed by atoms with Gasteiger partial charge in [-0.1, -0.05) is 17.7 Å². The maximum atomic E-state index is 12.4. The lowest BCUT2D eigenvalue weighted by Gasteiger charge is -2.19. The van der Waals surface area contributed by atoms with Gasteiger partial charge in [0.1, 0.15) is 5.01 Å². The largest absolute Gasteiger partial charge is 0.375 e. The first-order valence-electron chi connectivity index (χ1n) is 7.27. The van der Waals surface area contributed by atoms with E-state index in [2.05, 4.69) is 15.7 Å². The number of benzene rings is 1. The second-order valence-corrected chi connectivity index (χ2v) is 7.46. The first-order valence-corrected chi connectivity index (χ1v) is 9.47. The van der Waals surface area contributed by atoms with Crippen LogP contribution in [0.25, 0.3) is 10.6 Å². The first kappa shape index (κ1) is 17.0. The molecule has 0 saturated heterocycles. The van der Waals surface area contributed by atoms with Crippen molar-refractivity contribution >= 4 is 51.6 Å². The van der Waals surface area contributed by atoms with Gasteiger partial charge in [-0.15, -0.1) is 11.3 Å². The molecule has 124 valence electrons. The van der Waals surface area contributed by atoms with Gasteiger partial charge in [-0.2, -0.15) is 11.3 Å². The lowest BCUT2D eigenvalue weighted by Crippen LogP contribution is -2.18. The first-order chi connectivity index (χ1) is 11.5. The zero-order chi connectivity index (χ0) is 17.1. The number of thiophene rings is 1. The fourth-order valence-corrected chi connectivity index (χ4v) is 4.21. The molecule has 0 spiro atoms. The molecule has 0 bridgehead atoms. The molecule has 0 aliphatic carbocycles. The molecular weight excluding hydrogens is 362 g/mol. The Morgan fingerprint density at radius 1 is 1.29 bits per heavy atom. The van der Waals surface area contributed by atoms with Gasteiger partial charge in [-0.05, 0) is 23.6 Å². The van der Waals surface area contributed by atoms with Crippen LogP contribution in [0, 0.1) is 0 Å². The number of hydrogen-bond acceptors (Lipinski definition) is 5. The predicted molar refractivity (Wildman–Crippen MR) is 104 cm³/mol. The van der Waals surface area contributed by atoms with Gasteiger partial charge in [0.05, 0.1) is 28.5 Å². The average molecular weight is 378 g/mol. The van der Waals surface area contributed by atoms with Crippen LogP contribution in [0.15, 0.2) is 40.4 Å². The number of carbonyl (C=O) groups is 1. The molecule has 3 aromatic rings. The van der Waals surface area contributed by atoms with E-state index in [4.69, 9.17) is 11.6 Å². The summed E-state index contributed by atoms with van der Waals surface area (Å²) >= 11 is 9.41. The van der Waals surface area contributed by atoms with Crippen LogP contribution in [0.3, 0.4) is 0 Å². The summed E-state index contributed by atoms with van der Waals surface area (Å²) in [5.74, 6) is -0.109. The molecule has 1 aromatic carbocycles. The minimum absolute atomic E-state index is 0.109. The number of rotatable bonds is 5. The highest BCUT2D eigenvalue weighted by molar-refractivity contribution is 7.14. The van der Waals surface area contributed by atoms with Gasteiger partial charge in [-0.3, -0.25) is 4.79 Å². The fraction of sp³-hybridized carbons (Fsp3) is 0.176. The van der Waals surface area contributed by atoms with Crippen LogP contribution < -0.4 is 10.2 Å². The summed E-state index contributed by atoms with van der Waals surface area (Å²) in [6.45, 7) is 0. The van der Waals surface area contributed by atoms with Crippen molar-refractivity contribution in [1.82, 2.24) is 4.98 Å². The molecule has 3 rings (SSSR count). The fourth-order valence-electron chi connectivity index (χ4n) is 2.34. The number of nitrogens with one attached hydrogen (secondary N) is 1. The van der Waals surface area contributed by atoms with E-state index in [9.17, 15) is 4.79 Å². The van der Waals surface area contributed by atoms with E-state index < -0.39 is 0 Å². The monoisotopic (exact) mass is 377 g/mol. The summed E-state index contributed by atoms with van der Waals surface area (Å²) in [5, 5.41) is 10.5. The summed E-state index contributed by atoms with van der Waals surface area (Å²) in [6, 6.07) is 7.50. The van der Waals surface area contributed by atoms with Gasteiger partial charge in [-0.25, -0.2) is 4.98 Å². The molecule has 0 radical (unpaired) electrons. The van der Waals surface area contributed by atoms with Crippen molar-refractivity contribution in [2.75, 3.05) is 24.3 Å². The summed E-state index contributed by atoms with van der Waals surface area (Å²) in [6.07, 6.45) is 0.236. The minimum atomic E-state index is -0.109. The molecule has 0 aliphatic heterocycles. The van der Waals surface area contributed by atoms with Gasteiger partial charge in [0.2, 0.25) is 5.91 Å². The van der Waals surface area contributed by atoms with E-state index in [1.165, 1.54) is 0 Å². The number of anilines is 2. The van der Waals surface area contributed by atoms with Crippen LogP contribution in [-0.4, -0.2) is 25.0 Å². The van der Waals surface area contributed by atoms with Crippen LogP contribution in [0.4, 0.5) is 11.4 Å². The van der Waals surface area contributed by atoms with Gasteiger partial charge < -0.3 is 10.2 Å². The van der Waals surface area contributed by atoms with Crippen molar-refractivity contribution in [3.05, 3.63) is 51.1 Å². The molecule has 0 fully saturated rings. The molecule has 0 atom stereocenters. The SMILES string of the molecule is CN(C)c1c(Cl)cccc1NC(=O)Cc1csc(-c2ccsc2)n1. The van der Waals surface area contributed by atoms with Crippen molar-refractivity contribution in [1.29, 1.82) is 0 Å². The topological polar surface area (TPSA) is 45.2 Å². The van der Waals surface area contributed by atoms with E-state index in [0.29, 0.717) is 10.7 Å². The molecule has 2 aromatic heterocycles. The van der Waals surface area contributed by atoms with Gasteiger partial charge in [0.15, 0.2) is 0 Å². The third kappa shape index (κ3) is 3.77. The maximum absolute atomic E-state index is 12.4. The molecule has 24 heavy (non-hydrogen) atoms. The number of aromatic nitrogens is 1. The normalized spacial score (nSPS) is 10.6. The Labute approximate surface area is 153 Å². The Kier molecular flexibility index (Phi) is 5.18. The lowest BCUT2D eigenvalue weighted by atomic mass is 10.2. The molecule has 0 unspecified atom stereocenters. The average Bonchev–Trinajstić information content (AvgIpc) is 3.17. The molecule has 0 aliphatic rings. The summed E-state index contributed by atoms with van der Waals surface area (Å²) in [7, 11) is 3.79. The van der Waals surface area contributed by atoms with E-state index in [0.717, 1.165) is 22.0 Å². The Bertz CT molecular complexity index is 843. The molecule has 2 heterocycles. The summed E-state index contributed by atoms with van der Waals surface area (Å²) in [5.41, 5.74) is 3.36. The Morgan fingerprint density at radius 2 is 2.12 bits per heavy atom. The number of amides is 1. The van der Waals surface area contributed by atoms with Crippen molar-refractivity contribution < 1.29 is 4.79 Å². The number of nitrogens with zero attached hydrogens (tertiary/aromatic N) is 2. The third-order valence-electron chi connectivity index (χ3n) is 3.37. The lowest BCUT2D eigenvalue weighted by molar-refractivity contribution is -0.115. The van der Waals surface area contributed by atoms with Gasteiger partial charge >= 0.3 is 0 Å². The zero-order valence-corrected chi connectivity index (χ0v) is 15.6. The van der Waals surface area contributed by atoms with Gasteiger partial charge in [0, 0.05) is 30.4 Å². The highest BCUT2D eigenvalue weighted by Crippen LogP contribution is 2.32. The highest BCUT2D eigenvalue weighted by Gasteiger charge is 2.14. The van der Waals surface area contributed by atoms with Crippen molar-refractivity contribution in [3.8, 4) is 10.6 Å². The summed E-state index contributed by atoms with van der Waals surface area (Å²) in [4.78, 5) is 18.8. The zero-order valence-electron chi connectivity index (χ0n) is 13.2. The van der Waals surface area contributed by atoms with Crippen molar-refractivity contribution in [2.24, 2.45) is 0 Å². The van der Waals surface area contributed by atoms with Crippen LogP contribution in [0.2, 0.25) is 5.02 Å². The molecular formula is C17H16ClN3OS2. The second-order valence-electron chi connectivity index (χ2n) is 5.41. The number of thiazole rings is 1. The Morgan fingerprint density at radius 3 is 2.83 bits per heavy atom. The van der Waals surface area contributed by atoms with Crippen molar-refractivity contribution in [3.63, 3.8) is 0 Å². The Hall–Kier alpha value is -1.89. The predicted octanol–water partition coefficient (Wildman–Crippen LogP) is 4.77. The van der Waals surface area contributed by atoms with E-state index in [-0.39, 0.29) is 12.3 Å². The maximum Gasteiger partial charge on any atom is 0.230 e. The van der Waals surface area contributed by atoms with E-state index in [1.54, 1.807) is 28.7 Å². The standard InChI is InChI=1S/C17H16ClN3OS2/c1-21(2)16-13(18)4-3-5-14(16)20-15(22)8-12-10-24-17(19-12)11-6-7-23-9-11/h3-7,9-10H,8H2,1-2H3,(H,20,22). The van der Waals surface area contributed by atoms with Crippen LogP contribution in [0.5, 0.6) is 0 Å². The number of carbonyl (C=O) groups excluding carboxylic acids is 1. The van der Waals surface area contributed by atoms with E-state index >= 15 is 0 Å². The third-order valence-corrected chi connectivity index (χ3v) is 5.30.